The van der Waals surface area contributed by atoms with Crippen LogP contribution in [0.15, 0.2) is 53.3 Å². The highest BCUT2D eigenvalue weighted by atomic mass is 16.2. The minimum absolute atomic E-state index is 0.0332. The number of amides is 1. The zero-order valence-corrected chi connectivity index (χ0v) is 15.6. The molecule has 0 unspecified atom stereocenters. The highest BCUT2D eigenvalue weighted by Gasteiger charge is 2.14. The van der Waals surface area contributed by atoms with E-state index in [4.69, 9.17) is 0 Å². The summed E-state index contributed by atoms with van der Waals surface area (Å²) in [6.45, 7) is 5.59. The summed E-state index contributed by atoms with van der Waals surface area (Å²) in [6.07, 6.45) is 0.306. The minimum atomic E-state index is -0.0531. The van der Waals surface area contributed by atoms with E-state index in [-0.39, 0.29) is 11.6 Å². The molecule has 0 aliphatic carbocycles. The molecule has 5 heteroatoms. The standard InChI is InChI=1S/C21H25N3O2/c1-4-23-18-7-5-6-8-19(18)24(21(23)26)14-13-20(25)22(3)15-17-11-9-16(2)10-12-17/h5-12H,4,13-15H2,1-3H3. The third-order valence-electron chi connectivity index (χ3n) is 4.76. The summed E-state index contributed by atoms with van der Waals surface area (Å²) in [5.41, 5.74) is 4.05. The van der Waals surface area contributed by atoms with Crippen molar-refractivity contribution in [3.05, 3.63) is 70.1 Å². The van der Waals surface area contributed by atoms with Gasteiger partial charge in [-0.05, 0) is 31.5 Å². The number of imidazole rings is 1. The predicted octanol–water partition coefficient (Wildman–Crippen LogP) is 3.18. The molecule has 3 aromatic rings. The van der Waals surface area contributed by atoms with E-state index in [1.54, 1.807) is 21.1 Å². The maximum atomic E-state index is 12.6. The van der Waals surface area contributed by atoms with Crippen LogP contribution in [0, 0.1) is 6.92 Å². The summed E-state index contributed by atoms with van der Waals surface area (Å²) in [5, 5.41) is 0. The highest BCUT2D eigenvalue weighted by Crippen LogP contribution is 2.13. The van der Waals surface area contributed by atoms with Crippen LogP contribution in [0.1, 0.15) is 24.5 Å². The lowest BCUT2D eigenvalue weighted by Crippen LogP contribution is -2.29. The molecule has 0 spiro atoms. The maximum absolute atomic E-state index is 12.6. The van der Waals surface area contributed by atoms with Crippen LogP contribution in [0.25, 0.3) is 11.0 Å². The Kier molecular flexibility index (Phi) is 5.26. The van der Waals surface area contributed by atoms with Crippen molar-refractivity contribution in [1.29, 1.82) is 0 Å². The van der Waals surface area contributed by atoms with E-state index in [0.29, 0.717) is 26.1 Å². The van der Waals surface area contributed by atoms with Gasteiger partial charge in [-0.2, -0.15) is 0 Å². The second kappa shape index (κ2) is 7.60. The van der Waals surface area contributed by atoms with Crippen LogP contribution in [0.4, 0.5) is 0 Å². The van der Waals surface area contributed by atoms with Crippen LogP contribution in [-0.4, -0.2) is 27.0 Å². The summed E-state index contributed by atoms with van der Waals surface area (Å²) in [7, 11) is 1.81. The van der Waals surface area contributed by atoms with E-state index >= 15 is 0 Å². The van der Waals surface area contributed by atoms with Crippen molar-refractivity contribution >= 4 is 16.9 Å². The maximum Gasteiger partial charge on any atom is 0.329 e. The highest BCUT2D eigenvalue weighted by molar-refractivity contribution is 5.78. The Morgan fingerprint density at radius 3 is 2.23 bits per heavy atom. The molecule has 136 valence electrons. The van der Waals surface area contributed by atoms with E-state index in [1.165, 1.54) is 5.56 Å². The van der Waals surface area contributed by atoms with Crippen LogP contribution in [-0.2, 0) is 24.4 Å². The fraction of sp³-hybridized carbons (Fsp3) is 0.333. The molecule has 0 aliphatic heterocycles. The SMILES string of the molecule is CCn1c(=O)n(CCC(=O)N(C)Cc2ccc(C)cc2)c2ccccc21. The first-order valence-corrected chi connectivity index (χ1v) is 8.99. The monoisotopic (exact) mass is 351 g/mol. The van der Waals surface area contributed by atoms with E-state index in [2.05, 4.69) is 0 Å². The number of rotatable bonds is 6. The molecule has 0 aliphatic rings. The second-order valence-corrected chi connectivity index (χ2v) is 6.65. The van der Waals surface area contributed by atoms with Crippen molar-refractivity contribution in [2.75, 3.05) is 7.05 Å². The molecule has 0 saturated heterocycles. The average molecular weight is 351 g/mol. The van der Waals surface area contributed by atoms with Gasteiger partial charge in [0, 0.05) is 33.1 Å². The Hall–Kier alpha value is -2.82. The Labute approximate surface area is 153 Å². The number of aryl methyl sites for hydroxylation is 3. The fourth-order valence-corrected chi connectivity index (χ4v) is 3.25. The number of fused-ring (bicyclic) bond motifs is 1. The summed E-state index contributed by atoms with van der Waals surface area (Å²) < 4.78 is 3.45. The van der Waals surface area contributed by atoms with Crippen molar-refractivity contribution in [3.8, 4) is 0 Å². The van der Waals surface area contributed by atoms with Crippen molar-refractivity contribution in [3.63, 3.8) is 0 Å². The van der Waals surface area contributed by atoms with Gasteiger partial charge in [-0.3, -0.25) is 13.9 Å². The largest absolute Gasteiger partial charge is 0.341 e. The summed E-state index contributed by atoms with van der Waals surface area (Å²) in [5.74, 6) is 0.0332. The average Bonchev–Trinajstić information content (AvgIpc) is 2.92. The van der Waals surface area contributed by atoms with Crippen LogP contribution >= 0.6 is 0 Å². The van der Waals surface area contributed by atoms with E-state index in [1.807, 2.05) is 62.4 Å². The number of aromatic nitrogens is 2. The number of benzene rings is 2. The number of para-hydroxylation sites is 2. The molecule has 0 bridgehead atoms. The summed E-state index contributed by atoms with van der Waals surface area (Å²) in [6, 6.07) is 15.9. The van der Waals surface area contributed by atoms with Crippen LogP contribution in [0.3, 0.4) is 0 Å². The van der Waals surface area contributed by atoms with Gasteiger partial charge in [0.1, 0.15) is 0 Å². The predicted molar refractivity (Wildman–Crippen MR) is 104 cm³/mol. The number of hydrogen-bond acceptors (Lipinski definition) is 2. The van der Waals surface area contributed by atoms with Gasteiger partial charge in [-0.1, -0.05) is 42.0 Å². The van der Waals surface area contributed by atoms with Gasteiger partial charge in [0.05, 0.1) is 11.0 Å². The first kappa shape index (κ1) is 18.0. The van der Waals surface area contributed by atoms with Gasteiger partial charge in [0.2, 0.25) is 5.91 Å². The molecule has 0 fully saturated rings. The van der Waals surface area contributed by atoms with Crippen molar-refractivity contribution in [2.24, 2.45) is 0 Å². The first-order valence-electron chi connectivity index (χ1n) is 8.99. The lowest BCUT2D eigenvalue weighted by atomic mass is 10.1. The van der Waals surface area contributed by atoms with Gasteiger partial charge < -0.3 is 4.90 Å². The molecule has 1 amide bonds. The molecule has 1 aromatic heterocycles. The van der Waals surface area contributed by atoms with Crippen LogP contribution < -0.4 is 5.69 Å². The summed E-state index contributed by atoms with van der Waals surface area (Å²) >= 11 is 0. The quantitative estimate of drug-likeness (QED) is 0.685. The fourth-order valence-electron chi connectivity index (χ4n) is 3.25. The zero-order valence-electron chi connectivity index (χ0n) is 15.6. The zero-order chi connectivity index (χ0) is 18.7. The molecular formula is C21H25N3O2. The lowest BCUT2D eigenvalue weighted by molar-refractivity contribution is -0.130. The molecule has 0 radical (unpaired) electrons. The van der Waals surface area contributed by atoms with Crippen molar-refractivity contribution in [1.82, 2.24) is 14.0 Å². The third kappa shape index (κ3) is 3.57. The Bertz CT molecular complexity index is 967. The molecule has 3 rings (SSSR count). The van der Waals surface area contributed by atoms with Gasteiger partial charge in [0.15, 0.2) is 0 Å². The number of carbonyl (C=O) groups is 1. The first-order chi connectivity index (χ1) is 12.5. The topological polar surface area (TPSA) is 47.2 Å². The normalized spacial score (nSPS) is 11.0. The molecule has 1 heterocycles. The number of carbonyl (C=O) groups excluding carboxylic acids is 1. The van der Waals surface area contributed by atoms with Gasteiger partial charge in [-0.25, -0.2) is 4.79 Å². The molecule has 2 aromatic carbocycles. The van der Waals surface area contributed by atoms with Gasteiger partial charge >= 0.3 is 5.69 Å². The van der Waals surface area contributed by atoms with Crippen molar-refractivity contribution < 1.29 is 4.79 Å². The Morgan fingerprint density at radius 2 is 1.62 bits per heavy atom. The molecule has 26 heavy (non-hydrogen) atoms. The van der Waals surface area contributed by atoms with Gasteiger partial charge in [0.25, 0.3) is 0 Å². The van der Waals surface area contributed by atoms with Crippen LogP contribution in [0.2, 0.25) is 0 Å². The molecule has 0 N–H and O–H groups in total. The number of nitrogens with zero attached hydrogens (tertiary/aromatic N) is 3. The Morgan fingerprint density at radius 1 is 1.00 bits per heavy atom. The molecular weight excluding hydrogens is 326 g/mol. The van der Waals surface area contributed by atoms with E-state index in [9.17, 15) is 9.59 Å². The number of hydrogen-bond donors (Lipinski definition) is 0. The van der Waals surface area contributed by atoms with E-state index < -0.39 is 0 Å². The smallest absolute Gasteiger partial charge is 0.329 e. The summed E-state index contributed by atoms with van der Waals surface area (Å²) in [4.78, 5) is 26.9. The molecule has 5 nitrogen and oxygen atoms in total. The molecule has 0 atom stereocenters. The lowest BCUT2D eigenvalue weighted by Gasteiger charge is -2.17. The molecule has 0 saturated carbocycles. The van der Waals surface area contributed by atoms with Gasteiger partial charge in [-0.15, -0.1) is 0 Å². The Balaban J connectivity index is 1.71. The van der Waals surface area contributed by atoms with E-state index in [0.717, 1.165) is 16.6 Å². The van der Waals surface area contributed by atoms with Crippen LogP contribution in [0.5, 0.6) is 0 Å². The van der Waals surface area contributed by atoms with Crippen molar-refractivity contribution in [2.45, 2.75) is 39.9 Å². The second-order valence-electron chi connectivity index (χ2n) is 6.65. The third-order valence-corrected chi connectivity index (χ3v) is 4.76. The minimum Gasteiger partial charge on any atom is -0.341 e.